The number of hydrogen-bond donors (Lipinski definition) is 2. The molecule has 2 N–H and O–H groups in total. The van der Waals surface area contributed by atoms with Crippen LogP contribution in [0.25, 0.3) is 0 Å². The van der Waals surface area contributed by atoms with E-state index >= 15 is 0 Å². The minimum atomic E-state index is 0.102. The highest BCUT2D eigenvalue weighted by Crippen LogP contribution is 2.22. The Hall–Kier alpha value is -0.730. The van der Waals surface area contributed by atoms with E-state index in [-0.39, 0.29) is 12.6 Å². The topological polar surface area (TPSA) is 32.3 Å². The first-order chi connectivity index (χ1) is 7.27. The molecule has 0 spiro atoms. The highest BCUT2D eigenvalue weighted by atomic mass is 35.5. The van der Waals surface area contributed by atoms with E-state index in [1.807, 2.05) is 24.3 Å². The lowest BCUT2D eigenvalue weighted by molar-refractivity contribution is 0.267. The number of nitrogens with one attached hydrogen (secondary N) is 1. The van der Waals surface area contributed by atoms with Crippen LogP contribution >= 0.6 is 11.6 Å². The van der Waals surface area contributed by atoms with Crippen molar-refractivity contribution in [3.63, 3.8) is 0 Å². The molecule has 0 saturated heterocycles. The van der Waals surface area contributed by atoms with Crippen LogP contribution in [0.5, 0.6) is 0 Å². The molecule has 1 unspecified atom stereocenters. The van der Waals surface area contributed by atoms with Crippen LogP contribution in [0.1, 0.15) is 26.2 Å². The van der Waals surface area contributed by atoms with Crippen molar-refractivity contribution in [3.8, 4) is 0 Å². The van der Waals surface area contributed by atoms with Gasteiger partial charge in [0.1, 0.15) is 0 Å². The van der Waals surface area contributed by atoms with E-state index in [1.165, 1.54) is 0 Å². The first-order valence-electron chi connectivity index (χ1n) is 5.39. The highest BCUT2D eigenvalue weighted by Gasteiger charge is 2.07. The average molecular weight is 228 g/mol. The van der Waals surface area contributed by atoms with Gasteiger partial charge in [-0.2, -0.15) is 0 Å². The fraction of sp³-hybridized carbons (Fsp3) is 0.500. The van der Waals surface area contributed by atoms with Crippen LogP contribution in [-0.2, 0) is 0 Å². The molecule has 0 aromatic heterocycles. The third-order valence-electron chi connectivity index (χ3n) is 2.36. The average Bonchev–Trinajstić information content (AvgIpc) is 2.26. The Labute approximate surface area is 96.3 Å². The SMILES string of the molecule is CCCCC(CO)Nc1ccccc1Cl. The molecule has 0 aliphatic heterocycles. The Morgan fingerprint density at radius 2 is 2.13 bits per heavy atom. The normalized spacial score (nSPS) is 12.5. The van der Waals surface area contributed by atoms with E-state index in [0.717, 1.165) is 24.9 Å². The van der Waals surface area contributed by atoms with Gasteiger partial charge in [0.25, 0.3) is 0 Å². The molecule has 3 heteroatoms. The van der Waals surface area contributed by atoms with Crippen molar-refractivity contribution in [3.05, 3.63) is 29.3 Å². The Kier molecular flexibility index (Phi) is 5.51. The Balaban J connectivity index is 2.54. The van der Waals surface area contributed by atoms with E-state index < -0.39 is 0 Å². The van der Waals surface area contributed by atoms with Gasteiger partial charge in [-0.15, -0.1) is 0 Å². The van der Waals surface area contributed by atoms with Crippen molar-refractivity contribution in [2.75, 3.05) is 11.9 Å². The van der Waals surface area contributed by atoms with Gasteiger partial charge in [0.2, 0.25) is 0 Å². The molecular weight excluding hydrogens is 210 g/mol. The van der Waals surface area contributed by atoms with E-state index in [1.54, 1.807) is 0 Å². The summed E-state index contributed by atoms with van der Waals surface area (Å²) in [6.45, 7) is 2.29. The first-order valence-corrected chi connectivity index (χ1v) is 5.77. The fourth-order valence-corrected chi connectivity index (χ4v) is 1.65. The van der Waals surface area contributed by atoms with Gasteiger partial charge in [-0.05, 0) is 18.6 Å². The van der Waals surface area contributed by atoms with Gasteiger partial charge in [-0.1, -0.05) is 43.5 Å². The summed E-state index contributed by atoms with van der Waals surface area (Å²) in [5.74, 6) is 0. The highest BCUT2D eigenvalue weighted by molar-refractivity contribution is 6.33. The van der Waals surface area contributed by atoms with Crippen LogP contribution in [0.3, 0.4) is 0 Å². The molecule has 0 heterocycles. The molecule has 84 valence electrons. The molecule has 1 aromatic carbocycles. The minimum Gasteiger partial charge on any atom is -0.394 e. The zero-order chi connectivity index (χ0) is 11.1. The second-order valence-corrected chi connectivity index (χ2v) is 4.05. The van der Waals surface area contributed by atoms with Crippen molar-refractivity contribution in [1.82, 2.24) is 0 Å². The number of unbranched alkanes of at least 4 members (excludes halogenated alkanes) is 1. The molecule has 0 saturated carbocycles. The summed E-state index contributed by atoms with van der Waals surface area (Å²) in [5.41, 5.74) is 0.898. The Bertz CT molecular complexity index is 291. The molecule has 1 aromatic rings. The molecule has 1 rings (SSSR count). The van der Waals surface area contributed by atoms with E-state index in [0.29, 0.717) is 5.02 Å². The molecule has 2 nitrogen and oxygen atoms in total. The molecule has 15 heavy (non-hydrogen) atoms. The van der Waals surface area contributed by atoms with Crippen LogP contribution in [0.2, 0.25) is 5.02 Å². The number of aliphatic hydroxyl groups excluding tert-OH is 1. The number of anilines is 1. The number of aliphatic hydroxyl groups is 1. The maximum atomic E-state index is 9.20. The summed E-state index contributed by atoms with van der Waals surface area (Å²) in [6, 6.07) is 7.70. The van der Waals surface area contributed by atoms with Crippen LogP contribution in [0.4, 0.5) is 5.69 Å². The lowest BCUT2D eigenvalue weighted by Gasteiger charge is -2.17. The number of para-hydroxylation sites is 1. The summed E-state index contributed by atoms with van der Waals surface area (Å²) < 4.78 is 0. The van der Waals surface area contributed by atoms with Crippen molar-refractivity contribution in [2.24, 2.45) is 0 Å². The van der Waals surface area contributed by atoms with Gasteiger partial charge >= 0.3 is 0 Å². The molecule has 0 aliphatic rings. The van der Waals surface area contributed by atoms with Crippen LogP contribution in [0.15, 0.2) is 24.3 Å². The summed E-state index contributed by atoms with van der Waals surface area (Å²) in [4.78, 5) is 0. The van der Waals surface area contributed by atoms with Gasteiger partial charge in [0, 0.05) is 6.04 Å². The summed E-state index contributed by atoms with van der Waals surface area (Å²) in [5, 5.41) is 13.2. The number of benzene rings is 1. The van der Waals surface area contributed by atoms with Gasteiger partial charge in [0.05, 0.1) is 17.3 Å². The molecular formula is C12H18ClNO. The molecule has 0 amide bonds. The van der Waals surface area contributed by atoms with E-state index in [4.69, 9.17) is 11.6 Å². The smallest absolute Gasteiger partial charge is 0.0637 e. The van der Waals surface area contributed by atoms with Gasteiger partial charge in [-0.25, -0.2) is 0 Å². The fourth-order valence-electron chi connectivity index (χ4n) is 1.46. The standard InChI is InChI=1S/C12H18ClNO/c1-2-3-6-10(9-15)14-12-8-5-4-7-11(12)13/h4-5,7-8,10,14-15H,2-3,6,9H2,1H3. The third kappa shape index (κ3) is 4.10. The van der Waals surface area contributed by atoms with Crippen LogP contribution < -0.4 is 5.32 Å². The maximum Gasteiger partial charge on any atom is 0.0637 e. The molecule has 0 radical (unpaired) electrons. The van der Waals surface area contributed by atoms with Gasteiger partial charge in [-0.3, -0.25) is 0 Å². The summed E-state index contributed by atoms with van der Waals surface area (Å²) >= 11 is 6.02. The van der Waals surface area contributed by atoms with Crippen LogP contribution in [0, 0.1) is 0 Å². The molecule has 0 fully saturated rings. The lowest BCUT2D eigenvalue weighted by atomic mass is 10.1. The molecule has 0 bridgehead atoms. The van der Waals surface area contributed by atoms with Crippen molar-refractivity contribution in [1.29, 1.82) is 0 Å². The Morgan fingerprint density at radius 1 is 1.40 bits per heavy atom. The number of rotatable bonds is 6. The third-order valence-corrected chi connectivity index (χ3v) is 2.69. The number of hydrogen-bond acceptors (Lipinski definition) is 2. The van der Waals surface area contributed by atoms with Gasteiger partial charge in [0.15, 0.2) is 0 Å². The second-order valence-electron chi connectivity index (χ2n) is 3.65. The minimum absolute atomic E-state index is 0.102. The van der Waals surface area contributed by atoms with Gasteiger partial charge < -0.3 is 10.4 Å². The second kappa shape index (κ2) is 6.70. The quantitative estimate of drug-likeness (QED) is 0.782. The predicted octanol–water partition coefficient (Wildman–Crippen LogP) is 3.30. The predicted molar refractivity (Wildman–Crippen MR) is 65.5 cm³/mol. The Morgan fingerprint density at radius 3 is 2.73 bits per heavy atom. The first kappa shape index (κ1) is 12.3. The van der Waals surface area contributed by atoms with Crippen molar-refractivity contribution < 1.29 is 5.11 Å². The number of halogens is 1. The lowest BCUT2D eigenvalue weighted by Crippen LogP contribution is -2.23. The van der Waals surface area contributed by atoms with E-state index in [9.17, 15) is 5.11 Å². The maximum absolute atomic E-state index is 9.20. The summed E-state index contributed by atoms with van der Waals surface area (Å²) in [6.07, 6.45) is 3.22. The summed E-state index contributed by atoms with van der Waals surface area (Å²) in [7, 11) is 0. The molecule has 0 aliphatic carbocycles. The van der Waals surface area contributed by atoms with Crippen LogP contribution in [-0.4, -0.2) is 17.8 Å². The largest absolute Gasteiger partial charge is 0.394 e. The van der Waals surface area contributed by atoms with Crippen molar-refractivity contribution >= 4 is 17.3 Å². The zero-order valence-electron chi connectivity index (χ0n) is 9.04. The zero-order valence-corrected chi connectivity index (χ0v) is 9.80. The molecule has 1 atom stereocenters. The van der Waals surface area contributed by atoms with E-state index in [2.05, 4.69) is 12.2 Å². The van der Waals surface area contributed by atoms with Crippen molar-refractivity contribution in [2.45, 2.75) is 32.2 Å². The monoisotopic (exact) mass is 227 g/mol.